The van der Waals surface area contributed by atoms with Gasteiger partial charge in [0.25, 0.3) is 10.2 Å². The van der Waals surface area contributed by atoms with E-state index in [9.17, 15) is 18.3 Å². The van der Waals surface area contributed by atoms with E-state index in [1.165, 1.54) is 4.31 Å². The fourth-order valence-electron chi connectivity index (χ4n) is 4.54. The van der Waals surface area contributed by atoms with Gasteiger partial charge >= 0.3 is 5.97 Å². The highest BCUT2D eigenvalue weighted by Gasteiger charge is 2.70. The van der Waals surface area contributed by atoms with E-state index in [0.29, 0.717) is 0 Å². The second-order valence-electron chi connectivity index (χ2n) is 8.51. The maximum absolute atomic E-state index is 13.2. The standard InChI is InChI=1S/C22H27N3O4S/c1-14(2)23-19-10-9-17-12-25(13-18(17)11-19)30(28,29)24-22(21(26)27)15(3)20(22)16-7-5-4-6-8-16/h4-11,14-15,20,23-24H,12-13H2,1-3H3,(H,26,27)/t15?,20-,22-/m0/s1. The van der Waals surface area contributed by atoms with Gasteiger partial charge in [-0.2, -0.15) is 17.4 Å². The topological polar surface area (TPSA) is 98.7 Å². The molecule has 0 spiro atoms. The third-order valence-electron chi connectivity index (χ3n) is 6.11. The van der Waals surface area contributed by atoms with Gasteiger partial charge in [0.05, 0.1) is 0 Å². The van der Waals surface area contributed by atoms with E-state index in [0.717, 1.165) is 22.4 Å². The largest absolute Gasteiger partial charge is 0.480 e. The highest BCUT2D eigenvalue weighted by atomic mass is 32.2. The van der Waals surface area contributed by atoms with E-state index in [1.54, 1.807) is 6.92 Å². The highest BCUT2D eigenvalue weighted by molar-refractivity contribution is 7.87. The number of anilines is 1. The van der Waals surface area contributed by atoms with Crippen molar-refractivity contribution in [3.8, 4) is 0 Å². The van der Waals surface area contributed by atoms with Crippen LogP contribution in [0.15, 0.2) is 48.5 Å². The van der Waals surface area contributed by atoms with Gasteiger partial charge in [-0.3, -0.25) is 4.79 Å². The van der Waals surface area contributed by atoms with E-state index in [1.807, 2.05) is 62.4 Å². The molecule has 160 valence electrons. The van der Waals surface area contributed by atoms with Crippen molar-refractivity contribution < 1.29 is 18.3 Å². The van der Waals surface area contributed by atoms with E-state index in [2.05, 4.69) is 10.0 Å². The van der Waals surface area contributed by atoms with Gasteiger partial charge in [-0.25, -0.2) is 0 Å². The zero-order valence-corrected chi connectivity index (χ0v) is 18.1. The number of nitrogens with zero attached hydrogens (tertiary/aromatic N) is 1. The SMILES string of the molecule is CC(C)Nc1ccc2c(c1)CN(S(=O)(=O)N[C@@]1(C(=O)O)C(C)[C@H]1c1ccccc1)C2. The molecule has 7 nitrogen and oxygen atoms in total. The van der Waals surface area contributed by atoms with Crippen LogP contribution in [-0.4, -0.2) is 35.4 Å². The Labute approximate surface area is 177 Å². The molecule has 0 amide bonds. The van der Waals surface area contributed by atoms with Crippen LogP contribution in [0.4, 0.5) is 5.69 Å². The van der Waals surface area contributed by atoms with Gasteiger partial charge < -0.3 is 10.4 Å². The minimum absolute atomic E-state index is 0.221. The van der Waals surface area contributed by atoms with Crippen molar-refractivity contribution in [2.45, 2.75) is 51.4 Å². The molecular formula is C22H27N3O4S. The molecular weight excluding hydrogens is 402 g/mol. The van der Waals surface area contributed by atoms with Crippen LogP contribution in [0.25, 0.3) is 0 Å². The number of carboxylic acid groups (broad SMARTS) is 1. The number of aliphatic carboxylic acids is 1. The van der Waals surface area contributed by atoms with Crippen LogP contribution in [0, 0.1) is 5.92 Å². The van der Waals surface area contributed by atoms with Crippen LogP contribution in [-0.2, 0) is 28.1 Å². The molecule has 1 saturated carbocycles. The highest BCUT2D eigenvalue weighted by Crippen LogP contribution is 2.58. The van der Waals surface area contributed by atoms with Gasteiger partial charge in [0.1, 0.15) is 5.54 Å². The van der Waals surface area contributed by atoms with Gasteiger partial charge in [0.15, 0.2) is 0 Å². The van der Waals surface area contributed by atoms with Crippen LogP contribution >= 0.6 is 0 Å². The molecule has 2 aromatic rings. The number of carbonyl (C=O) groups is 1. The van der Waals surface area contributed by atoms with Crippen LogP contribution < -0.4 is 10.0 Å². The average molecular weight is 430 g/mol. The fourth-order valence-corrected chi connectivity index (χ4v) is 6.11. The summed E-state index contributed by atoms with van der Waals surface area (Å²) in [5, 5.41) is 13.3. The summed E-state index contributed by atoms with van der Waals surface area (Å²) < 4.78 is 30.2. The van der Waals surface area contributed by atoms with Crippen molar-refractivity contribution in [2.24, 2.45) is 5.92 Å². The Balaban J connectivity index is 1.56. The van der Waals surface area contributed by atoms with Crippen molar-refractivity contribution in [3.05, 3.63) is 65.2 Å². The van der Waals surface area contributed by atoms with Gasteiger partial charge in [-0.1, -0.05) is 43.3 Å². The predicted octanol–water partition coefficient (Wildman–Crippen LogP) is 2.91. The average Bonchev–Trinajstić information content (AvgIpc) is 3.05. The Bertz CT molecular complexity index is 1070. The van der Waals surface area contributed by atoms with Gasteiger partial charge in [-0.15, -0.1) is 0 Å². The number of hydrogen-bond donors (Lipinski definition) is 3. The first kappa shape index (κ1) is 20.8. The Morgan fingerprint density at radius 3 is 2.43 bits per heavy atom. The first-order chi connectivity index (χ1) is 14.1. The van der Waals surface area contributed by atoms with Gasteiger partial charge in [0, 0.05) is 30.7 Å². The first-order valence-electron chi connectivity index (χ1n) is 10.1. The maximum Gasteiger partial charge on any atom is 0.325 e. The summed E-state index contributed by atoms with van der Waals surface area (Å²) in [4.78, 5) is 12.2. The molecule has 0 radical (unpaired) electrons. The summed E-state index contributed by atoms with van der Waals surface area (Å²) in [6, 6.07) is 15.3. The van der Waals surface area contributed by atoms with E-state index in [-0.39, 0.29) is 25.0 Å². The Morgan fingerprint density at radius 1 is 1.13 bits per heavy atom. The van der Waals surface area contributed by atoms with Crippen LogP contribution in [0.5, 0.6) is 0 Å². The molecule has 30 heavy (non-hydrogen) atoms. The smallest absolute Gasteiger partial charge is 0.325 e. The minimum atomic E-state index is -4.00. The molecule has 4 rings (SSSR count). The van der Waals surface area contributed by atoms with Crippen molar-refractivity contribution in [1.82, 2.24) is 9.03 Å². The molecule has 1 unspecified atom stereocenters. The molecule has 0 saturated heterocycles. The summed E-state index contributed by atoms with van der Waals surface area (Å²) in [6.45, 7) is 6.31. The summed E-state index contributed by atoms with van der Waals surface area (Å²) in [6.07, 6.45) is 0. The normalized spacial score (nSPS) is 25.9. The van der Waals surface area contributed by atoms with Crippen molar-refractivity contribution >= 4 is 21.9 Å². The number of fused-ring (bicyclic) bond motifs is 1. The molecule has 1 aliphatic heterocycles. The molecule has 8 heteroatoms. The van der Waals surface area contributed by atoms with E-state index < -0.39 is 27.6 Å². The lowest BCUT2D eigenvalue weighted by molar-refractivity contribution is -0.140. The Hall–Kier alpha value is -2.42. The molecule has 2 aliphatic rings. The summed E-state index contributed by atoms with van der Waals surface area (Å²) in [5.41, 5.74) is 2.10. The molecule has 2 aromatic carbocycles. The van der Waals surface area contributed by atoms with Gasteiger partial charge in [-0.05, 0) is 48.6 Å². The fraction of sp³-hybridized carbons (Fsp3) is 0.409. The van der Waals surface area contributed by atoms with Crippen LogP contribution in [0.1, 0.15) is 43.4 Å². The monoisotopic (exact) mass is 429 g/mol. The molecule has 0 bridgehead atoms. The lowest BCUT2D eigenvalue weighted by Gasteiger charge is -2.21. The number of benzene rings is 2. The van der Waals surface area contributed by atoms with E-state index >= 15 is 0 Å². The molecule has 3 atom stereocenters. The summed E-state index contributed by atoms with van der Waals surface area (Å²) in [5.74, 6) is -1.90. The molecule has 1 aliphatic carbocycles. The van der Waals surface area contributed by atoms with Crippen LogP contribution in [0.2, 0.25) is 0 Å². The molecule has 1 fully saturated rings. The number of nitrogens with one attached hydrogen (secondary N) is 2. The van der Waals surface area contributed by atoms with E-state index in [4.69, 9.17) is 0 Å². The third-order valence-corrected chi connectivity index (χ3v) is 7.64. The van der Waals surface area contributed by atoms with Crippen molar-refractivity contribution in [2.75, 3.05) is 5.32 Å². The molecule has 1 heterocycles. The quantitative estimate of drug-likeness (QED) is 0.629. The third kappa shape index (κ3) is 3.49. The second kappa shape index (κ2) is 7.37. The minimum Gasteiger partial charge on any atom is -0.480 e. The zero-order valence-electron chi connectivity index (χ0n) is 17.3. The maximum atomic E-state index is 13.2. The zero-order chi connectivity index (χ0) is 21.7. The van der Waals surface area contributed by atoms with Crippen molar-refractivity contribution in [1.29, 1.82) is 0 Å². The lowest BCUT2D eigenvalue weighted by atomic mass is 10.1. The summed E-state index contributed by atoms with van der Waals surface area (Å²) >= 11 is 0. The predicted molar refractivity (Wildman–Crippen MR) is 115 cm³/mol. The number of hydrogen-bond acceptors (Lipinski definition) is 4. The second-order valence-corrected chi connectivity index (χ2v) is 10.2. The Morgan fingerprint density at radius 2 is 1.80 bits per heavy atom. The van der Waals surface area contributed by atoms with Gasteiger partial charge in [0.2, 0.25) is 0 Å². The molecule has 3 N–H and O–H groups in total. The summed E-state index contributed by atoms with van der Waals surface area (Å²) in [7, 11) is -4.00. The first-order valence-corrected chi connectivity index (χ1v) is 11.5. The number of carboxylic acids is 1. The van der Waals surface area contributed by atoms with Crippen LogP contribution in [0.3, 0.4) is 0 Å². The molecule has 0 aromatic heterocycles. The Kier molecular flexibility index (Phi) is 5.12. The number of rotatable bonds is 7. The van der Waals surface area contributed by atoms with Crippen molar-refractivity contribution in [3.63, 3.8) is 0 Å². The lowest BCUT2D eigenvalue weighted by Crippen LogP contribution is -2.50.